The van der Waals surface area contributed by atoms with Gasteiger partial charge < -0.3 is 4.74 Å². The van der Waals surface area contributed by atoms with E-state index in [9.17, 15) is 25.0 Å². The van der Waals surface area contributed by atoms with E-state index in [-0.39, 0.29) is 18.7 Å². The fourth-order valence-corrected chi connectivity index (χ4v) is 1.46. The van der Waals surface area contributed by atoms with E-state index in [4.69, 9.17) is 0 Å². The highest BCUT2D eigenvalue weighted by atomic mass is 16.6. The molecule has 0 saturated carbocycles. The Morgan fingerprint density at radius 3 is 2.26 bits per heavy atom. The summed E-state index contributed by atoms with van der Waals surface area (Å²) in [5.74, 6) is -0.911. The fraction of sp³-hybridized carbons (Fsp3) is 0.364. The van der Waals surface area contributed by atoms with Gasteiger partial charge in [-0.2, -0.15) is 0 Å². The van der Waals surface area contributed by atoms with Crippen LogP contribution in [0.25, 0.3) is 0 Å². The molecule has 1 rings (SSSR count). The van der Waals surface area contributed by atoms with Gasteiger partial charge in [0.2, 0.25) is 0 Å². The van der Waals surface area contributed by atoms with Crippen LogP contribution in [0.4, 0.5) is 5.69 Å². The van der Waals surface area contributed by atoms with E-state index in [0.29, 0.717) is 5.56 Å². The first-order valence-electron chi connectivity index (χ1n) is 5.49. The van der Waals surface area contributed by atoms with Crippen molar-refractivity contribution >= 4 is 11.7 Å². The first-order chi connectivity index (χ1) is 8.95. The number of carbonyl (C=O) groups is 1. The summed E-state index contributed by atoms with van der Waals surface area (Å²) in [6.45, 7) is 1.62. The molecular weight excluding hydrogens is 256 g/mol. The van der Waals surface area contributed by atoms with E-state index in [1.54, 1.807) is 6.92 Å². The Kier molecular flexibility index (Phi) is 4.92. The summed E-state index contributed by atoms with van der Waals surface area (Å²) < 4.78 is 4.61. The Morgan fingerprint density at radius 1 is 1.26 bits per heavy atom. The number of rotatable bonds is 6. The van der Waals surface area contributed by atoms with Crippen LogP contribution in [0.15, 0.2) is 24.3 Å². The summed E-state index contributed by atoms with van der Waals surface area (Å²) in [6, 6.07) is 3.73. The molecule has 0 radical (unpaired) electrons. The number of nitrogens with zero attached hydrogens (tertiary/aromatic N) is 2. The molecule has 0 aromatic heterocycles. The number of non-ortho nitro benzene ring substituents is 1. The average Bonchev–Trinajstić information content (AvgIpc) is 2.36. The summed E-state index contributed by atoms with van der Waals surface area (Å²) in [6.07, 6.45) is -0.163. The quantitative estimate of drug-likeness (QED) is 0.437. The van der Waals surface area contributed by atoms with E-state index >= 15 is 0 Å². The molecule has 102 valence electrons. The average molecular weight is 268 g/mol. The molecule has 0 amide bonds. The highest BCUT2D eigenvalue weighted by Crippen LogP contribution is 2.14. The van der Waals surface area contributed by atoms with Gasteiger partial charge in [-0.25, -0.2) is 4.79 Å². The smallest absolute Gasteiger partial charge is 0.382 e. The largest absolute Gasteiger partial charge is 0.461 e. The van der Waals surface area contributed by atoms with E-state index < -0.39 is 21.9 Å². The van der Waals surface area contributed by atoms with Crippen LogP contribution in [-0.4, -0.2) is 28.5 Å². The van der Waals surface area contributed by atoms with Gasteiger partial charge >= 0.3 is 12.0 Å². The van der Waals surface area contributed by atoms with Crippen molar-refractivity contribution in [3.05, 3.63) is 50.1 Å². The summed E-state index contributed by atoms with van der Waals surface area (Å²) in [5, 5.41) is 21.3. The van der Waals surface area contributed by atoms with Crippen LogP contribution >= 0.6 is 0 Å². The molecule has 0 heterocycles. The minimum absolute atomic E-state index is 0.0590. The zero-order valence-corrected chi connectivity index (χ0v) is 10.1. The SMILES string of the molecule is CCOC(=O)C(Cc1ccc([N+](=O)[O-])cc1)[N+](=O)[O-]. The number of hydrogen-bond donors (Lipinski definition) is 0. The number of hydrogen-bond acceptors (Lipinski definition) is 6. The second-order valence-electron chi connectivity index (χ2n) is 3.68. The maximum atomic E-state index is 11.4. The van der Waals surface area contributed by atoms with Gasteiger partial charge in [0.25, 0.3) is 5.69 Å². The van der Waals surface area contributed by atoms with Crippen molar-refractivity contribution in [3.8, 4) is 0 Å². The van der Waals surface area contributed by atoms with E-state index in [0.717, 1.165) is 0 Å². The number of esters is 1. The molecule has 19 heavy (non-hydrogen) atoms. The maximum absolute atomic E-state index is 11.4. The minimum Gasteiger partial charge on any atom is -0.461 e. The molecule has 0 aliphatic carbocycles. The van der Waals surface area contributed by atoms with Crippen molar-refractivity contribution in [3.63, 3.8) is 0 Å². The molecule has 1 aromatic carbocycles. The summed E-state index contributed by atoms with van der Waals surface area (Å²) in [5.41, 5.74) is 0.345. The van der Waals surface area contributed by atoms with E-state index in [2.05, 4.69) is 4.74 Å². The maximum Gasteiger partial charge on any atom is 0.382 e. The number of ether oxygens (including phenoxy) is 1. The topological polar surface area (TPSA) is 113 Å². The lowest BCUT2D eigenvalue weighted by Gasteiger charge is -2.08. The molecular formula is C11H12N2O6. The van der Waals surface area contributed by atoms with Crippen LogP contribution in [0.5, 0.6) is 0 Å². The third-order valence-corrected chi connectivity index (χ3v) is 2.39. The third-order valence-electron chi connectivity index (χ3n) is 2.39. The van der Waals surface area contributed by atoms with Gasteiger partial charge in [-0.15, -0.1) is 0 Å². The summed E-state index contributed by atoms with van der Waals surface area (Å²) >= 11 is 0. The van der Waals surface area contributed by atoms with Gasteiger partial charge in [0.15, 0.2) is 0 Å². The molecule has 8 nitrogen and oxygen atoms in total. The standard InChI is InChI=1S/C11H12N2O6/c1-2-19-11(14)10(13(17)18)7-8-3-5-9(6-4-8)12(15)16/h3-6,10H,2,7H2,1H3. The van der Waals surface area contributed by atoms with Crippen LogP contribution in [0.2, 0.25) is 0 Å². The number of carbonyl (C=O) groups excluding carboxylic acids is 1. The van der Waals surface area contributed by atoms with E-state index in [1.807, 2.05) is 0 Å². The Labute approximate surface area is 108 Å². The molecule has 0 bridgehead atoms. The van der Waals surface area contributed by atoms with E-state index in [1.165, 1.54) is 24.3 Å². The van der Waals surface area contributed by atoms with Crippen LogP contribution < -0.4 is 0 Å². The van der Waals surface area contributed by atoms with Gasteiger partial charge in [-0.05, 0) is 12.5 Å². The zero-order chi connectivity index (χ0) is 14.4. The van der Waals surface area contributed by atoms with Crippen LogP contribution in [0, 0.1) is 20.2 Å². The monoisotopic (exact) mass is 268 g/mol. The molecule has 0 aliphatic heterocycles. The van der Waals surface area contributed by atoms with Crippen molar-refractivity contribution in [2.75, 3.05) is 6.61 Å². The van der Waals surface area contributed by atoms with Gasteiger partial charge in [0, 0.05) is 17.1 Å². The molecule has 8 heteroatoms. The first-order valence-corrected chi connectivity index (χ1v) is 5.49. The normalized spacial score (nSPS) is 11.6. The van der Waals surface area contributed by atoms with Crippen LogP contribution in [0.1, 0.15) is 12.5 Å². The van der Waals surface area contributed by atoms with Gasteiger partial charge in [-0.3, -0.25) is 20.2 Å². The highest BCUT2D eigenvalue weighted by Gasteiger charge is 2.31. The van der Waals surface area contributed by atoms with Gasteiger partial charge in [0.1, 0.15) is 0 Å². The van der Waals surface area contributed by atoms with Crippen molar-refractivity contribution in [2.45, 2.75) is 19.4 Å². The lowest BCUT2D eigenvalue weighted by atomic mass is 10.1. The number of benzene rings is 1. The second kappa shape index (κ2) is 6.43. The number of nitro benzene ring substituents is 1. The van der Waals surface area contributed by atoms with Gasteiger partial charge in [0.05, 0.1) is 18.0 Å². The zero-order valence-electron chi connectivity index (χ0n) is 10.1. The third kappa shape index (κ3) is 4.02. The predicted octanol–water partition coefficient (Wildman–Crippen LogP) is 1.35. The van der Waals surface area contributed by atoms with Crippen LogP contribution in [-0.2, 0) is 16.0 Å². The fourth-order valence-electron chi connectivity index (χ4n) is 1.46. The first kappa shape index (κ1) is 14.6. The molecule has 0 N–H and O–H groups in total. The van der Waals surface area contributed by atoms with Gasteiger partial charge in [-0.1, -0.05) is 12.1 Å². The Hall–Kier alpha value is -2.51. The molecule has 0 fully saturated rings. The predicted molar refractivity (Wildman–Crippen MR) is 64.2 cm³/mol. The second-order valence-corrected chi connectivity index (χ2v) is 3.68. The molecule has 1 unspecified atom stereocenters. The van der Waals surface area contributed by atoms with Crippen LogP contribution in [0.3, 0.4) is 0 Å². The number of nitro groups is 2. The van der Waals surface area contributed by atoms with Crippen molar-refractivity contribution in [1.29, 1.82) is 0 Å². The highest BCUT2D eigenvalue weighted by molar-refractivity contribution is 5.74. The Morgan fingerprint density at radius 2 is 1.84 bits per heavy atom. The molecule has 0 aliphatic rings. The molecule has 0 saturated heterocycles. The van der Waals surface area contributed by atoms with Crippen molar-refractivity contribution < 1.29 is 19.4 Å². The molecule has 1 atom stereocenters. The molecule has 1 aromatic rings. The lowest BCUT2D eigenvalue weighted by Crippen LogP contribution is -2.33. The Balaban J connectivity index is 2.82. The lowest BCUT2D eigenvalue weighted by molar-refractivity contribution is -0.510. The minimum atomic E-state index is -1.50. The summed E-state index contributed by atoms with van der Waals surface area (Å²) in [7, 11) is 0. The molecule has 0 spiro atoms. The Bertz CT molecular complexity index is 484. The van der Waals surface area contributed by atoms with Crippen molar-refractivity contribution in [1.82, 2.24) is 0 Å². The summed E-state index contributed by atoms with van der Waals surface area (Å²) in [4.78, 5) is 31.4. The van der Waals surface area contributed by atoms with Crippen molar-refractivity contribution in [2.24, 2.45) is 0 Å².